The Morgan fingerprint density at radius 1 is 1.29 bits per heavy atom. The molecule has 0 bridgehead atoms. The molecule has 126 valence electrons. The summed E-state index contributed by atoms with van der Waals surface area (Å²) in [6, 6.07) is 8.74. The fourth-order valence-corrected chi connectivity index (χ4v) is 4.62. The number of hydrogen-bond donors (Lipinski definition) is 1. The minimum Gasteiger partial charge on any atom is -0.331 e. The molecule has 1 N–H and O–H groups in total. The molecule has 2 atom stereocenters. The molecule has 1 aromatic heterocycles. The number of rotatable bonds is 2. The third-order valence-corrected chi connectivity index (χ3v) is 5.87. The Labute approximate surface area is 145 Å². The molecule has 0 aliphatic carbocycles. The quantitative estimate of drug-likeness (QED) is 0.911. The van der Waals surface area contributed by atoms with E-state index in [1.54, 1.807) is 12.7 Å². The van der Waals surface area contributed by atoms with Crippen molar-refractivity contribution in [1.82, 2.24) is 25.0 Å². The molecule has 7 heteroatoms. The highest BCUT2D eigenvalue weighted by molar-refractivity contribution is 7.99. The normalized spacial score (nSPS) is 23.6. The van der Waals surface area contributed by atoms with Crippen LogP contribution in [0.15, 0.2) is 41.8 Å². The van der Waals surface area contributed by atoms with Crippen LogP contribution in [0.3, 0.4) is 0 Å². The Balaban J connectivity index is 1.43. The van der Waals surface area contributed by atoms with Crippen molar-refractivity contribution >= 4 is 17.8 Å². The lowest BCUT2D eigenvalue weighted by Crippen LogP contribution is -2.47. The van der Waals surface area contributed by atoms with Crippen LogP contribution < -0.4 is 5.32 Å². The molecule has 2 aliphatic rings. The number of thioether (sulfide) groups is 1. The van der Waals surface area contributed by atoms with Gasteiger partial charge in [0.15, 0.2) is 0 Å². The second kappa shape index (κ2) is 6.84. The molecule has 2 aromatic rings. The number of likely N-dealkylation sites (tertiary alicyclic amines) is 1. The predicted octanol–water partition coefficient (Wildman–Crippen LogP) is 2.86. The maximum atomic E-state index is 12.8. The largest absolute Gasteiger partial charge is 0.331 e. The van der Waals surface area contributed by atoms with E-state index in [1.165, 1.54) is 10.5 Å². The molecule has 1 aromatic carbocycles. The van der Waals surface area contributed by atoms with E-state index in [1.807, 2.05) is 27.4 Å². The zero-order chi connectivity index (χ0) is 16.4. The number of nitrogens with zero attached hydrogens (tertiary/aromatic N) is 4. The Bertz CT molecular complexity index is 705. The van der Waals surface area contributed by atoms with Gasteiger partial charge in [0.2, 0.25) is 0 Å². The van der Waals surface area contributed by atoms with Crippen molar-refractivity contribution in [2.75, 3.05) is 18.8 Å². The van der Waals surface area contributed by atoms with Crippen LogP contribution >= 0.6 is 11.8 Å². The fraction of sp³-hybridized carbons (Fsp3) is 0.471. The topological polar surface area (TPSA) is 63.1 Å². The van der Waals surface area contributed by atoms with Gasteiger partial charge in [-0.25, -0.2) is 14.5 Å². The summed E-state index contributed by atoms with van der Waals surface area (Å²) >= 11 is 1.87. The lowest BCUT2D eigenvalue weighted by atomic mass is 10.0. The number of amides is 2. The van der Waals surface area contributed by atoms with Crippen LogP contribution in [0.5, 0.6) is 0 Å². The molecule has 0 saturated carbocycles. The summed E-state index contributed by atoms with van der Waals surface area (Å²) in [4.78, 5) is 20.0. The van der Waals surface area contributed by atoms with Gasteiger partial charge in [-0.1, -0.05) is 18.2 Å². The molecular weight excluding hydrogens is 322 g/mol. The van der Waals surface area contributed by atoms with Crippen LogP contribution in [-0.2, 0) is 0 Å². The average molecular weight is 343 g/mol. The zero-order valence-electron chi connectivity index (χ0n) is 13.5. The molecule has 2 aliphatic heterocycles. The van der Waals surface area contributed by atoms with Crippen molar-refractivity contribution in [3.05, 3.63) is 42.5 Å². The number of carbonyl (C=O) groups is 1. The lowest BCUT2D eigenvalue weighted by Gasteiger charge is -2.34. The van der Waals surface area contributed by atoms with Crippen molar-refractivity contribution in [2.24, 2.45) is 0 Å². The van der Waals surface area contributed by atoms with Gasteiger partial charge in [-0.3, -0.25) is 0 Å². The Hall–Kier alpha value is -2.02. The highest BCUT2D eigenvalue weighted by Crippen LogP contribution is 2.36. The molecule has 3 heterocycles. The minimum atomic E-state index is 0.0338. The molecule has 1 fully saturated rings. The molecule has 0 radical (unpaired) electrons. The van der Waals surface area contributed by atoms with Gasteiger partial charge in [-0.2, -0.15) is 5.10 Å². The highest BCUT2D eigenvalue weighted by Gasteiger charge is 2.28. The number of fused-ring (bicyclic) bond motifs is 1. The first kappa shape index (κ1) is 15.5. The molecule has 24 heavy (non-hydrogen) atoms. The van der Waals surface area contributed by atoms with Crippen LogP contribution in [0, 0.1) is 0 Å². The second-order valence-electron chi connectivity index (χ2n) is 6.29. The third-order valence-electron chi connectivity index (χ3n) is 4.75. The van der Waals surface area contributed by atoms with Gasteiger partial charge in [0, 0.05) is 23.7 Å². The summed E-state index contributed by atoms with van der Waals surface area (Å²) in [7, 11) is 0. The summed E-state index contributed by atoms with van der Waals surface area (Å²) in [6.07, 6.45) is 6.30. The number of nitrogens with one attached hydrogen (secondary N) is 1. The van der Waals surface area contributed by atoms with Crippen molar-refractivity contribution in [3.8, 4) is 0 Å². The molecule has 4 rings (SSSR count). The van der Waals surface area contributed by atoms with E-state index >= 15 is 0 Å². The molecule has 0 spiro atoms. The van der Waals surface area contributed by atoms with Crippen LogP contribution in [0.2, 0.25) is 0 Å². The van der Waals surface area contributed by atoms with Gasteiger partial charge in [0.1, 0.15) is 12.7 Å². The minimum absolute atomic E-state index is 0.0338. The number of carbonyl (C=O) groups excluding carboxylic acids is 1. The number of aromatic nitrogens is 3. The summed E-state index contributed by atoms with van der Waals surface area (Å²) in [5, 5.41) is 7.46. The van der Waals surface area contributed by atoms with Gasteiger partial charge < -0.3 is 10.2 Å². The van der Waals surface area contributed by atoms with E-state index in [0.29, 0.717) is 6.54 Å². The fourth-order valence-electron chi connectivity index (χ4n) is 3.49. The first-order valence-electron chi connectivity index (χ1n) is 8.42. The Morgan fingerprint density at radius 2 is 2.21 bits per heavy atom. The highest BCUT2D eigenvalue weighted by atomic mass is 32.2. The smallest absolute Gasteiger partial charge is 0.317 e. The van der Waals surface area contributed by atoms with E-state index in [4.69, 9.17) is 0 Å². The molecule has 2 amide bonds. The Kier molecular flexibility index (Phi) is 4.42. The van der Waals surface area contributed by atoms with Crippen LogP contribution in [-0.4, -0.2) is 44.5 Å². The van der Waals surface area contributed by atoms with Crippen molar-refractivity contribution in [1.29, 1.82) is 0 Å². The van der Waals surface area contributed by atoms with Gasteiger partial charge in [0.05, 0.1) is 12.1 Å². The van der Waals surface area contributed by atoms with Gasteiger partial charge >= 0.3 is 6.03 Å². The molecule has 2 unspecified atom stereocenters. The van der Waals surface area contributed by atoms with E-state index in [9.17, 15) is 4.79 Å². The average Bonchev–Trinajstić information content (AvgIpc) is 3.17. The number of benzene rings is 1. The summed E-state index contributed by atoms with van der Waals surface area (Å²) in [5.41, 5.74) is 1.24. The monoisotopic (exact) mass is 343 g/mol. The summed E-state index contributed by atoms with van der Waals surface area (Å²) in [5.74, 6) is 1.05. The number of hydrogen-bond acceptors (Lipinski definition) is 4. The summed E-state index contributed by atoms with van der Waals surface area (Å²) in [6.45, 7) is 1.50. The molecule has 1 saturated heterocycles. The maximum Gasteiger partial charge on any atom is 0.317 e. The lowest BCUT2D eigenvalue weighted by molar-refractivity contribution is 0.159. The SMILES string of the molecule is O=C(NC1CCSc2ccccc21)N1CCCC(n2cncn2)C1. The first-order chi connectivity index (χ1) is 11.8. The van der Waals surface area contributed by atoms with Gasteiger partial charge in [-0.05, 0) is 30.9 Å². The van der Waals surface area contributed by atoms with Crippen LogP contribution in [0.4, 0.5) is 4.79 Å². The maximum absolute atomic E-state index is 12.8. The van der Waals surface area contributed by atoms with E-state index in [0.717, 1.165) is 31.6 Å². The first-order valence-corrected chi connectivity index (χ1v) is 9.41. The molecule has 6 nitrogen and oxygen atoms in total. The van der Waals surface area contributed by atoms with Crippen LogP contribution in [0.1, 0.15) is 36.9 Å². The van der Waals surface area contributed by atoms with Gasteiger partial charge in [-0.15, -0.1) is 11.8 Å². The third kappa shape index (κ3) is 3.13. The van der Waals surface area contributed by atoms with Crippen molar-refractivity contribution < 1.29 is 4.79 Å². The van der Waals surface area contributed by atoms with Gasteiger partial charge in [0.25, 0.3) is 0 Å². The van der Waals surface area contributed by atoms with Crippen molar-refractivity contribution in [2.45, 2.75) is 36.2 Å². The Morgan fingerprint density at radius 3 is 3.08 bits per heavy atom. The zero-order valence-corrected chi connectivity index (χ0v) is 14.3. The van der Waals surface area contributed by atoms with Crippen molar-refractivity contribution in [3.63, 3.8) is 0 Å². The summed E-state index contributed by atoms with van der Waals surface area (Å²) < 4.78 is 1.87. The van der Waals surface area contributed by atoms with Crippen LogP contribution in [0.25, 0.3) is 0 Å². The molecular formula is C17H21N5OS. The van der Waals surface area contributed by atoms with E-state index < -0.39 is 0 Å². The second-order valence-corrected chi connectivity index (χ2v) is 7.43. The number of piperidine rings is 1. The van der Waals surface area contributed by atoms with E-state index in [-0.39, 0.29) is 18.1 Å². The number of urea groups is 1. The standard InChI is InChI=1S/C17H21N5OS/c23-17(20-15-7-9-24-16-6-2-1-5-14(15)16)21-8-3-4-13(10-21)22-12-18-11-19-22/h1-2,5-6,11-13,15H,3-4,7-10H2,(H,20,23). The van der Waals surface area contributed by atoms with E-state index in [2.05, 4.69) is 33.6 Å². The predicted molar refractivity (Wildman–Crippen MR) is 92.9 cm³/mol.